The molecule has 3 heteroatoms. The predicted molar refractivity (Wildman–Crippen MR) is 85.1 cm³/mol. The molecule has 0 spiro atoms. The Bertz CT molecular complexity index is 354. The van der Waals surface area contributed by atoms with Crippen LogP contribution in [0.15, 0.2) is 29.2 Å². The Labute approximate surface area is 122 Å². The lowest BCUT2D eigenvalue weighted by Gasteiger charge is -2.19. The van der Waals surface area contributed by atoms with Gasteiger partial charge in [0.2, 0.25) is 0 Å². The summed E-state index contributed by atoms with van der Waals surface area (Å²) in [7, 11) is 0. The third-order valence-corrected chi connectivity index (χ3v) is 3.91. The average molecular weight is 281 g/mol. The Hall–Kier alpha value is -0.510. The van der Waals surface area contributed by atoms with E-state index in [2.05, 4.69) is 57.3 Å². The van der Waals surface area contributed by atoms with Gasteiger partial charge in [-0.1, -0.05) is 24.6 Å². The van der Waals surface area contributed by atoms with Crippen LogP contribution >= 0.6 is 11.8 Å². The molecule has 0 aliphatic rings. The lowest BCUT2D eigenvalue weighted by Crippen LogP contribution is -2.37. The van der Waals surface area contributed by atoms with Gasteiger partial charge in [-0.15, -0.1) is 11.8 Å². The van der Waals surface area contributed by atoms with Crippen molar-refractivity contribution in [2.24, 2.45) is 0 Å². The van der Waals surface area contributed by atoms with Gasteiger partial charge in [0.1, 0.15) is 0 Å². The summed E-state index contributed by atoms with van der Waals surface area (Å²) >= 11 is 1.90. The number of rotatable bonds is 9. The van der Waals surface area contributed by atoms with Crippen LogP contribution in [0.1, 0.15) is 32.8 Å². The van der Waals surface area contributed by atoms with E-state index in [1.807, 2.05) is 11.8 Å². The van der Waals surface area contributed by atoms with Gasteiger partial charge in [0.05, 0.1) is 12.7 Å². The normalized spacial score (nSPS) is 12.9. The number of ether oxygens (including phenoxy) is 1. The van der Waals surface area contributed by atoms with Crippen molar-refractivity contribution in [2.75, 3.05) is 18.9 Å². The number of aryl methyl sites for hydroxylation is 1. The number of nitrogens with one attached hydrogen (secondary N) is 1. The first-order valence-corrected chi connectivity index (χ1v) is 8.14. The first kappa shape index (κ1) is 16.5. The topological polar surface area (TPSA) is 21.3 Å². The highest BCUT2D eigenvalue weighted by Gasteiger charge is 2.09. The Morgan fingerprint density at radius 2 is 2.11 bits per heavy atom. The van der Waals surface area contributed by atoms with Crippen LogP contribution < -0.4 is 5.32 Å². The summed E-state index contributed by atoms with van der Waals surface area (Å²) in [5, 5.41) is 3.56. The van der Waals surface area contributed by atoms with Crippen molar-refractivity contribution in [3.8, 4) is 0 Å². The van der Waals surface area contributed by atoms with Gasteiger partial charge in [0.15, 0.2) is 0 Å². The molecule has 1 atom stereocenters. The van der Waals surface area contributed by atoms with Crippen LogP contribution in [0.5, 0.6) is 0 Å². The highest BCUT2D eigenvalue weighted by Crippen LogP contribution is 2.20. The maximum atomic E-state index is 5.74. The molecule has 19 heavy (non-hydrogen) atoms. The molecule has 0 bridgehead atoms. The molecule has 0 saturated heterocycles. The molecule has 108 valence electrons. The van der Waals surface area contributed by atoms with Crippen LogP contribution in [-0.4, -0.2) is 31.1 Å². The van der Waals surface area contributed by atoms with Crippen molar-refractivity contribution in [2.45, 2.75) is 51.2 Å². The fourth-order valence-electron chi connectivity index (χ4n) is 1.72. The third-order valence-electron chi connectivity index (χ3n) is 2.75. The Balaban J connectivity index is 2.42. The molecule has 0 radical (unpaired) electrons. The lowest BCUT2D eigenvalue weighted by molar-refractivity contribution is 0.0655. The molecule has 0 heterocycles. The van der Waals surface area contributed by atoms with E-state index in [4.69, 9.17) is 4.74 Å². The van der Waals surface area contributed by atoms with E-state index in [1.165, 1.54) is 10.5 Å². The molecule has 1 unspecified atom stereocenters. The summed E-state index contributed by atoms with van der Waals surface area (Å²) in [6.45, 7) is 10.4. The van der Waals surface area contributed by atoms with Gasteiger partial charge in [0.25, 0.3) is 0 Å². The molecule has 1 aromatic carbocycles. The number of hydrogen-bond acceptors (Lipinski definition) is 3. The van der Waals surface area contributed by atoms with Gasteiger partial charge >= 0.3 is 0 Å². The number of benzene rings is 1. The molecule has 2 nitrogen and oxygen atoms in total. The average Bonchev–Trinajstić information content (AvgIpc) is 2.37. The minimum atomic E-state index is 0.301. The van der Waals surface area contributed by atoms with Gasteiger partial charge in [-0.25, -0.2) is 0 Å². The molecule has 0 aliphatic heterocycles. The zero-order chi connectivity index (χ0) is 14.1. The Morgan fingerprint density at radius 1 is 1.32 bits per heavy atom. The highest BCUT2D eigenvalue weighted by atomic mass is 32.2. The van der Waals surface area contributed by atoms with E-state index in [9.17, 15) is 0 Å². The third kappa shape index (κ3) is 7.61. The number of hydrogen-bond donors (Lipinski definition) is 1. The molecule has 0 aromatic heterocycles. The summed E-state index contributed by atoms with van der Waals surface area (Å²) in [5.41, 5.74) is 1.32. The Morgan fingerprint density at radius 3 is 2.74 bits per heavy atom. The van der Waals surface area contributed by atoms with Gasteiger partial charge < -0.3 is 10.1 Å². The highest BCUT2D eigenvalue weighted by molar-refractivity contribution is 7.99. The summed E-state index contributed by atoms with van der Waals surface area (Å²) in [4.78, 5) is 1.34. The first-order valence-electron chi connectivity index (χ1n) is 7.16. The summed E-state index contributed by atoms with van der Waals surface area (Å²) < 4.78 is 5.74. The molecular formula is C16H27NOS. The van der Waals surface area contributed by atoms with Crippen molar-refractivity contribution in [1.82, 2.24) is 5.32 Å². The first-order chi connectivity index (χ1) is 9.11. The van der Waals surface area contributed by atoms with E-state index in [0.29, 0.717) is 12.1 Å². The molecular weight excluding hydrogens is 254 g/mol. The monoisotopic (exact) mass is 281 g/mol. The van der Waals surface area contributed by atoms with Crippen LogP contribution in [0.4, 0.5) is 0 Å². The molecule has 0 amide bonds. The summed E-state index contributed by atoms with van der Waals surface area (Å²) in [5.74, 6) is 1.05. The van der Waals surface area contributed by atoms with Crippen molar-refractivity contribution < 1.29 is 4.74 Å². The van der Waals surface area contributed by atoms with E-state index >= 15 is 0 Å². The predicted octanol–water partition coefficient (Wildman–Crippen LogP) is 3.88. The largest absolute Gasteiger partial charge is 0.377 e. The maximum absolute atomic E-state index is 5.74. The molecule has 0 fully saturated rings. The minimum absolute atomic E-state index is 0.301. The van der Waals surface area contributed by atoms with E-state index in [-0.39, 0.29) is 0 Å². The number of thioether (sulfide) groups is 1. The van der Waals surface area contributed by atoms with E-state index in [1.54, 1.807) is 0 Å². The van der Waals surface area contributed by atoms with E-state index in [0.717, 1.165) is 25.3 Å². The summed E-state index contributed by atoms with van der Waals surface area (Å²) in [6, 6.07) is 9.10. The molecule has 0 aliphatic carbocycles. The van der Waals surface area contributed by atoms with Crippen molar-refractivity contribution in [3.05, 3.63) is 29.8 Å². The second kappa shape index (κ2) is 9.40. The van der Waals surface area contributed by atoms with E-state index < -0.39 is 0 Å². The molecule has 1 N–H and O–H groups in total. The molecule has 1 rings (SSSR count). The van der Waals surface area contributed by atoms with Crippen LogP contribution in [0.2, 0.25) is 0 Å². The molecule has 1 aromatic rings. The lowest BCUT2D eigenvalue weighted by atomic mass is 10.2. The van der Waals surface area contributed by atoms with Gasteiger partial charge in [-0.05, 0) is 45.9 Å². The second-order valence-corrected chi connectivity index (χ2v) is 6.25. The fourth-order valence-corrected chi connectivity index (χ4v) is 2.78. The summed E-state index contributed by atoms with van der Waals surface area (Å²) in [6.07, 6.45) is 1.46. The van der Waals surface area contributed by atoms with Crippen molar-refractivity contribution in [3.63, 3.8) is 0 Å². The second-order valence-electron chi connectivity index (χ2n) is 5.16. The van der Waals surface area contributed by atoms with Gasteiger partial charge in [-0.2, -0.15) is 0 Å². The van der Waals surface area contributed by atoms with Crippen LogP contribution in [0, 0.1) is 6.92 Å². The van der Waals surface area contributed by atoms with Crippen LogP contribution in [0.25, 0.3) is 0 Å². The molecule has 0 saturated carbocycles. The maximum Gasteiger partial charge on any atom is 0.0631 e. The van der Waals surface area contributed by atoms with Crippen molar-refractivity contribution in [1.29, 1.82) is 0 Å². The minimum Gasteiger partial charge on any atom is -0.377 e. The van der Waals surface area contributed by atoms with Gasteiger partial charge in [0, 0.05) is 16.7 Å². The zero-order valence-corrected chi connectivity index (χ0v) is 13.4. The van der Waals surface area contributed by atoms with Gasteiger partial charge in [-0.3, -0.25) is 0 Å². The quantitative estimate of drug-likeness (QED) is 0.694. The zero-order valence-electron chi connectivity index (χ0n) is 12.6. The Kier molecular flexibility index (Phi) is 8.19. The fraction of sp³-hybridized carbons (Fsp3) is 0.625. The van der Waals surface area contributed by atoms with Crippen LogP contribution in [0.3, 0.4) is 0 Å². The van der Waals surface area contributed by atoms with Crippen LogP contribution in [-0.2, 0) is 4.74 Å². The van der Waals surface area contributed by atoms with Crippen molar-refractivity contribution >= 4 is 11.8 Å². The SMILES string of the molecule is CCCNC(COC(C)C)CSc1cccc(C)c1. The smallest absolute Gasteiger partial charge is 0.0631 e. The standard InChI is InChI=1S/C16H27NOS/c1-5-9-17-15(11-18-13(2)3)12-19-16-8-6-7-14(4)10-16/h6-8,10,13,15,17H,5,9,11-12H2,1-4H3.